The van der Waals surface area contributed by atoms with Gasteiger partial charge in [-0.3, -0.25) is 10.1 Å². The number of nitro groups is 1. The van der Waals surface area contributed by atoms with Crippen molar-refractivity contribution in [3.63, 3.8) is 0 Å². The molecule has 0 aliphatic carbocycles. The minimum Gasteiger partial charge on any atom is -0.258 e. The summed E-state index contributed by atoms with van der Waals surface area (Å²) in [6.07, 6.45) is 3.18. The molecule has 17 heavy (non-hydrogen) atoms. The van der Waals surface area contributed by atoms with Crippen LogP contribution in [-0.2, 0) is 0 Å². The smallest absolute Gasteiger partial charge is 0.258 e. The quantitative estimate of drug-likeness (QED) is 0.433. The van der Waals surface area contributed by atoms with Gasteiger partial charge in [0.05, 0.1) is 25.2 Å². The second-order valence-electron chi connectivity index (χ2n) is 3.12. The summed E-state index contributed by atoms with van der Waals surface area (Å²) in [5, 5.41) is 14.8. The van der Waals surface area contributed by atoms with Crippen LogP contribution in [0.25, 0.3) is 5.69 Å². The molecule has 0 fully saturated rings. The second kappa shape index (κ2) is 4.69. The Morgan fingerprint density at radius 2 is 2.24 bits per heavy atom. The Balaban J connectivity index is 2.67. The van der Waals surface area contributed by atoms with Gasteiger partial charge in [-0.2, -0.15) is 5.10 Å². The van der Waals surface area contributed by atoms with E-state index in [-0.39, 0.29) is 15.8 Å². The average Bonchev–Trinajstić information content (AvgIpc) is 2.68. The van der Waals surface area contributed by atoms with Crippen LogP contribution in [0.4, 0.5) is 10.1 Å². The molecule has 0 unspecified atom stereocenters. The van der Waals surface area contributed by atoms with Crippen molar-refractivity contribution in [2.24, 2.45) is 0 Å². The summed E-state index contributed by atoms with van der Waals surface area (Å²) in [5.41, 5.74) is -0.114. The van der Waals surface area contributed by atoms with Crippen LogP contribution in [0.2, 0.25) is 0 Å². The molecule has 0 saturated heterocycles. The van der Waals surface area contributed by atoms with Crippen molar-refractivity contribution in [2.45, 2.75) is 0 Å². The lowest BCUT2D eigenvalue weighted by atomic mass is 10.2. The standard InChI is InChI=1S/C9H4BrFIN3O2/c10-6-1-8(14-4-5(12)3-13-14)9(15(16)17)2-7(6)11/h1-4H. The normalized spacial score (nSPS) is 10.5. The van der Waals surface area contributed by atoms with Crippen molar-refractivity contribution < 1.29 is 9.31 Å². The Kier molecular flexibility index (Phi) is 3.43. The zero-order valence-corrected chi connectivity index (χ0v) is 11.8. The number of benzene rings is 1. The number of halogens is 3. The highest BCUT2D eigenvalue weighted by atomic mass is 127. The first-order valence-electron chi connectivity index (χ1n) is 4.33. The van der Waals surface area contributed by atoms with Crippen molar-refractivity contribution in [1.29, 1.82) is 0 Å². The molecule has 0 saturated carbocycles. The molecule has 2 aromatic rings. The summed E-state index contributed by atoms with van der Waals surface area (Å²) in [7, 11) is 0. The van der Waals surface area contributed by atoms with Crippen LogP contribution in [0.5, 0.6) is 0 Å². The molecule has 8 heteroatoms. The zero-order chi connectivity index (χ0) is 12.6. The fraction of sp³-hybridized carbons (Fsp3) is 0. The van der Waals surface area contributed by atoms with Crippen LogP contribution in [-0.4, -0.2) is 14.7 Å². The molecule has 1 heterocycles. The molecule has 0 bridgehead atoms. The Labute approximate surface area is 117 Å². The Hall–Kier alpha value is -1.03. The molecule has 1 aromatic carbocycles. The fourth-order valence-corrected chi connectivity index (χ4v) is 2.01. The molecule has 0 aliphatic heterocycles. The fourth-order valence-electron chi connectivity index (χ4n) is 1.29. The van der Waals surface area contributed by atoms with Gasteiger partial charge in [0, 0.05) is 6.20 Å². The van der Waals surface area contributed by atoms with Gasteiger partial charge in [0.25, 0.3) is 5.69 Å². The van der Waals surface area contributed by atoms with Crippen molar-refractivity contribution in [3.8, 4) is 5.69 Å². The van der Waals surface area contributed by atoms with Gasteiger partial charge < -0.3 is 0 Å². The van der Waals surface area contributed by atoms with Crippen molar-refractivity contribution in [2.75, 3.05) is 0 Å². The predicted molar refractivity (Wildman–Crippen MR) is 70.6 cm³/mol. The molecular formula is C9H4BrFIN3O2. The lowest BCUT2D eigenvalue weighted by Crippen LogP contribution is -2.01. The molecule has 88 valence electrons. The van der Waals surface area contributed by atoms with E-state index in [1.165, 1.54) is 10.7 Å². The van der Waals surface area contributed by atoms with Crippen LogP contribution in [0.3, 0.4) is 0 Å². The van der Waals surface area contributed by atoms with Crippen molar-refractivity contribution >= 4 is 44.2 Å². The summed E-state index contributed by atoms with van der Waals surface area (Å²) in [6, 6.07) is 2.20. The van der Waals surface area contributed by atoms with Gasteiger partial charge in [-0.1, -0.05) is 0 Å². The Morgan fingerprint density at radius 3 is 2.76 bits per heavy atom. The van der Waals surface area contributed by atoms with Gasteiger partial charge in [-0.05, 0) is 44.6 Å². The van der Waals surface area contributed by atoms with Crippen LogP contribution < -0.4 is 0 Å². The number of hydrogen-bond acceptors (Lipinski definition) is 3. The summed E-state index contributed by atoms with van der Waals surface area (Å²) in [4.78, 5) is 10.2. The van der Waals surface area contributed by atoms with Crippen LogP contribution in [0.15, 0.2) is 29.0 Å². The van der Waals surface area contributed by atoms with E-state index in [1.807, 2.05) is 22.6 Å². The highest BCUT2D eigenvalue weighted by Gasteiger charge is 2.19. The maximum absolute atomic E-state index is 13.3. The van der Waals surface area contributed by atoms with E-state index in [1.54, 1.807) is 12.4 Å². The SMILES string of the molecule is O=[N+]([O-])c1cc(F)c(Br)cc1-n1cc(I)cn1. The number of nitrogens with zero attached hydrogens (tertiary/aromatic N) is 3. The van der Waals surface area contributed by atoms with Gasteiger partial charge in [-0.15, -0.1) is 0 Å². The van der Waals surface area contributed by atoms with Crippen molar-refractivity contribution in [1.82, 2.24) is 9.78 Å². The lowest BCUT2D eigenvalue weighted by molar-refractivity contribution is -0.384. The lowest BCUT2D eigenvalue weighted by Gasteiger charge is -2.04. The van der Waals surface area contributed by atoms with E-state index >= 15 is 0 Å². The molecule has 0 aliphatic rings. The van der Waals surface area contributed by atoms with Gasteiger partial charge in [-0.25, -0.2) is 9.07 Å². The number of nitro benzene ring substituents is 1. The molecule has 0 radical (unpaired) electrons. The minimum absolute atomic E-state index is 0.156. The summed E-state index contributed by atoms with van der Waals surface area (Å²) < 4.78 is 15.6. The third-order valence-electron chi connectivity index (χ3n) is 2.01. The minimum atomic E-state index is -0.678. The monoisotopic (exact) mass is 411 g/mol. The first-order valence-corrected chi connectivity index (χ1v) is 6.20. The van der Waals surface area contributed by atoms with E-state index in [4.69, 9.17) is 0 Å². The second-order valence-corrected chi connectivity index (χ2v) is 5.22. The van der Waals surface area contributed by atoms with Crippen molar-refractivity contribution in [3.05, 3.63) is 48.5 Å². The summed E-state index contributed by atoms with van der Waals surface area (Å²) in [5.74, 6) is -0.678. The maximum atomic E-state index is 13.3. The van der Waals surface area contributed by atoms with Crippen LogP contribution in [0.1, 0.15) is 0 Å². The first kappa shape index (κ1) is 12.4. The van der Waals surface area contributed by atoms with Gasteiger partial charge >= 0.3 is 0 Å². The van der Waals surface area contributed by atoms with Gasteiger partial charge in [0.15, 0.2) is 0 Å². The molecule has 5 nitrogen and oxygen atoms in total. The molecule has 0 atom stereocenters. The number of aromatic nitrogens is 2. The van der Waals surface area contributed by atoms with Crippen LogP contribution >= 0.6 is 38.5 Å². The zero-order valence-electron chi connectivity index (χ0n) is 8.10. The summed E-state index contributed by atoms with van der Waals surface area (Å²) in [6.45, 7) is 0. The topological polar surface area (TPSA) is 61.0 Å². The van der Waals surface area contributed by atoms with E-state index in [9.17, 15) is 14.5 Å². The predicted octanol–water partition coefficient (Wildman–Crippen LogP) is 3.29. The molecule has 0 N–H and O–H groups in total. The first-order chi connectivity index (χ1) is 7.99. The largest absolute Gasteiger partial charge is 0.297 e. The van der Waals surface area contributed by atoms with E-state index in [0.717, 1.165) is 9.64 Å². The van der Waals surface area contributed by atoms with Gasteiger partial charge in [0.2, 0.25) is 0 Å². The average molecular weight is 412 g/mol. The third kappa shape index (κ3) is 2.46. The van der Waals surface area contributed by atoms with Gasteiger partial charge in [0.1, 0.15) is 11.5 Å². The third-order valence-corrected chi connectivity index (χ3v) is 3.18. The Bertz CT molecular complexity index is 602. The summed E-state index contributed by atoms with van der Waals surface area (Å²) >= 11 is 5.03. The molecule has 1 aromatic heterocycles. The molecule has 0 amide bonds. The van der Waals surface area contributed by atoms with Crippen LogP contribution in [0, 0.1) is 19.5 Å². The highest BCUT2D eigenvalue weighted by molar-refractivity contribution is 14.1. The highest BCUT2D eigenvalue weighted by Crippen LogP contribution is 2.29. The maximum Gasteiger partial charge on any atom is 0.297 e. The van der Waals surface area contributed by atoms with E-state index in [0.29, 0.717) is 0 Å². The Morgan fingerprint density at radius 1 is 1.53 bits per heavy atom. The molecule has 0 spiro atoms. The van der Waals surface area contributed by atoms with E-state index in [2.05, 4.69) is 21.0 Å². The molecular weight excluding hydrogens is 408 g/mol. The number of rotatable bonds is 2. The van der Waals surface area contributed by atoms with E-state index < -0.39 is 10.7 Å². The number of hydrogen-bond donors (Lipinski definition) is 0. The molecule has 2 rings (SSSR count).